The Hall–Kier alpha value is -4.48. The smallest absolute Gasteiger partial charge is 0.235 e. The Kier molecular flexibility index (Phi) is 7.65. The van der Waals surface area contributed by atoms with Crippen LogP contribution in [0.15, 0.2) is 115 Å². The number of hydrogen-bond acceptors (Lipinski definition) is 4. The summed E-state index contributed by atoms with van der Waals surface area (Å²) in [6.07, 6.45) is 2.84. The molecule has 1 saturated heterocycles. The lowest BCUT2D eigenvalue weighted by Gasteiger charge is -2.36. The first-order chi connectivity index (χ1) is 21.2. The van der Waals surface area contributed by atoms with Crippen molar-refractivity contribution in [2.24, 2.45) is 0 Å². The zero-order valence-corrected chi connectivity index (χ0v) is 24.6. The highest BCUT2D eigenvalue weighted by Crippen LogP contribution is 2.51. The molecule has 1 N–H and O–H groups in total. The number of rotatable bonds is 9. The number of nitrogens with one attached hydrogen (secondary N) is 1. The first kappa shape index (κ1) is 27.4. The van der Waals surface area contributed by atoms with Crippen LogP contribution in [0.5, 0.6) is 0 Å². The Morgan fingerprint density at radius 1 is 0.698 bits per heavy atom. The summed E-state index contributed by atoms with van der Waals surface area (Å²) in [6.45, 7) is 5.60. The van der Waals surface area contributed by atoms with Crippen LogP contribution in [0.1, 0.15) is 36.0 Å². The Labute approximate surface area is 254 Å². The average Bonchev–Trinajstić information content (AvgIpc) is 3.37. The fourth-order valence-electron chi connectivity index (χ4n) is 7.04. The SMILES string of the molecule is O=C(NCc1ccccc1)C1(CCCCN2CCN(c3ccc4ccccc4n3)CC2)c2ccccc2-c2ccccc21. The number of fused-ring (bicyclic) bond motifs is 4. The highest BCUT2D eigenvalue weighted by molar-refractivity contribution is 6.00. The van der Waals surface area contributed by atoms with Crippen LogP contribution in [0.4, 0.5) is 5.82 Å². The summed E-state index contributed by atoms with van der Waals surface area (Å²) in [5.41, 5.74) is 6.14. The normalized spacial score (nSPS) is 15.7. The van der Waals surface area contributed by atoms with Crippen molar-refractivity contribution < 1.29 is 4.79 Å². The van der Waals surface area contributed by atoms with E-state index in [0.717, 1.165) is 80.0 Å². The zero-order valence-electron chi connectivity index (χ0n) is 24.6. The number of piperazine rings is 1. The van der Waals surface area contributed by atoms with E-state index in [1.165, 1.54) is 16.5 Å². The third kappa shape index (κ3) is 5.30. The van der Waals surface area contributed by atoms with Crippen molar-refractivity contribution in [2.75, 3.05) is 37.6 Å². The van der Waals surface area contributed by atoms with Crippen molar-refractivity contribution in [3.05, 3.63) is 132 Å². The predicted octanol–water partition coefficient (Wildman–Crippen LogP) is 6.81. The molecule has 0 bridgehead atoms. The minimum atomic E-state index is -0.678. The van der Waals surface area contributed by atoms with Crippen LogP contribution in [-0.4, -0.2) is 48.5 Å². The first-order valence-corrected chi connectivity index (χ1v) is 15.6. The molecule has 0 saturated carbocycles. The van der Waals surface area contributed by atoms with Gasteiger partial charge in [0.1, 0.15) is 11.2 Å². The van der Waals surface area contributed by atoms with Crippen LogP contribution in [0.3, 0.4) is 0 Å². The van der Waals surface area contributed by atoms with Gasteiger partial charge < -0.3 is 10.2 Å². The third-order valence-corrected chi connectivity index (χ3v) is 9.30. The van der Waals surface area contributed by atoms with Crippen molar-refractivity contribution in [3.63, 3.8) is 0 Å². The second-order valence-electron chi connectivity index (χ2n) is 11.8. The van der Waals surface area contributed by atoms with Gasteiger partial charge >= 0.3 is 0 Å². The molecule has 1 aromatic heterocycles. The van der Waals surface area contributed by atoms with Gasteiger partial charge in [0.05, 0.1) is 5.52 Å². The number of carbonyl (C=O) groups is 1. The largest absolute Gasteiger partial charge is 0.354 e. The summed E-state index contributed by atoms with van der Waals surface area (Å²) in [4.78, 5) is 24.2. The van der Waals surface area contributed by atoms with Crippen LogP contribution in [0, 0.1) is 0 Å². The Morgan fingerprint density at radius 2 is 1.35 bits per heavy atom. The van der Waals surface area contributed by atoms with Gasteiger partial charge in [0.15, 0.2) is 0 Å². The standard InChI is InChI=1S/C38H38N4O/c43-37(39-28-29-12-2-1-3-13-29)38(33-17-7-5-15-31(33)32-16-6-8-18-34(32)38)22-10-11-23-41-24-26-42(27-25-41)36-21-20-30-14-4-9-19-35(30)40-36/h1-9,12-21H,10-11,22-28H2,(H,39,43). The van der Waals surface area contributed by atoms with E-state index in [-0.39, 0.29) is 5.91 Å². The van der Waals surface area contributed by atoms with Crippen LogP contribution in [-0.2, 0) is 16.8 Å². The van der Waals surface area contributed by atoms with Gasteiger partial charge in [-0.25, -0.2) is 4.98 Å². The number of anilines is 1. The highest BCUT2D eigenvalue weighted by atomic mass is 16.2. The molecule has 43 heavy (non-hydrogen) atoms. The molecule has 5 heteroatoms. The van der Waals surface area contributed by atoms with E-state index in [2.05, 4.69) is 112 Å². The lowest BCUT2D eigenvalue weighted by Crippen LogP contribution is -2.47. The highest BCUT2D eigenvalue weighted by Gasteiger charge is 2.48. The average molecular weight is 567 g/mol. The number of amides is 1. The topological polar surface area (TPSA) is 48.5 Å². The molecule has 2 aliphatic rings. The van der Waals surface area contributed by atoms with Crippen molar-refractivity contribution in [3.8, 4) is 11.1 Å². The van der Waals surface area contributed by atoms with Crippen LogP contribution in [0.2, 0.25) is 0 Å². The van der Waals surface area contributed by atoms with Crippen LogP contribution >= 0.6 is 0 Å². The number of para-hydroxylation sites is 1. The summed E-state index contributed by atoms with van der Waals surface area (Å²) >= 11 is 0. The maximum Gasteiger partial charge on any atom is 0.235 e. The maximum absolute atomic E-state index is 14.3. The summed E-state index contributed by atoms with van der Waals surface area (Å²) in [7, 11) is 0. The van der Waals surface area contributed by atoms with Gasteiger partial charge in [-0.1, -0.05) is 103 Å². The number of carbonyl (C=O) groups excluding carboxylic acids is 1. The number of benzene rings is 4. The van der Waals surface area contributed by atoms with Gasteiger partial charge in [-0.2, -0.15) is 0 Å². The molecule has 5 nitrogen and oxygen atoms in total. The molecule has 1 aliphatic heterocycles. The molecule has 4 aromatic carbocycles. The Bertz CT molecular complexity index is 1680. The molecule has 1 fully saturated rings. The predicted molar refractivity (Wildman–Crippen MR) is 175 cm³/mol. The van der Waals surface area contributed by atoms with E-state index < -0.39 is 5.41 Å². The van der Waals surface area contributed by atoms with Gasteiger partial charge in [-0.15, -0.1) is 0 Å². The summed E-state index contributed by atoms with van der Waals surface area (Å²) in [5, 5.41) is 4.51. The maximum atomic E-state index is 14.3. The molecular formula is C38H38N4O. The van der Waals surface area contributed by atoms with Gasteiger partial charge in [0.25, 0.3) is 0 Å². The Morgan fingerprint density at radius 3 is 2.09 bits per heavy atom. The van der Waals surface area contributed by atoms with E-state index in [0.29, 0.717) is 6.54 Å². The molecule has 1 amide bonds. The summed E-state index contributed by atoms with van der Waals surface area (Å²) in [6, 6.07) is 39.8. The van der Waals surface area contributed by atoms with E-state index in [9.17, 15) is 4.79 Å². The van der Waals surface area contributed by atoms with Gasteiger partial charge in [0, 0.05) is 38.1 Å². The number of nitrogens with zero attached hydrogens (tertiary/aromatic N) is 3. The van der Waals surface area contributed by atoms with Gasteiger partial charge in [0.2, 0.25) is 5.91 Å². The second kappa shape index (κ2) is 12.0. The fraction of sp³-hybridized carbons (Fsp3) is 0.263. The second-order valence-corrected chi connectivity index (χ2v) is 11.8. The van der Waals surface area contributed by atoms with Crippen LogP contribution in [0.25, 0.3) is 22.0 Å². The lowest BCUT2D eigenvalue weighted by atomic mass is 9.73. The quantitative estimate of drug-likeness (QED) is 0.199. The van der Waals surface area contributed by atoms with Gasteiger partial charge in [-0.3, -0.25) is 9.69 Å². The first-order valence-electron chi connectivity index (χ1n) is 15.6. The van der Waals surface area contributed by atoms with Crippen molar-refractivity contribution in [1.82, 2.24) is 15.2 Å². The molecule has 7 rings (SSSR count). The monoisotopic (exact) mass is 566 g/mol. The third-order valence-electron chi connectivity index (χ3n) is 9.30. The van der Waals surface area contributed by atoms with E-state index >= 15 is 0 Å². The fourth-order valence-corrected chi connectivity index (χ4v) is 7.04. The molecule has 1 aliphatic carbocycles. The number of unbranched alkanes of at least 4 members (excludes halogenated alkanes) is 1. The minimum absolute atomic E-state index is 0.102. The van der Waals surface area contributed by atoms with Crippen molar-refractivity contribution in [2.45, 2.75) is 31.2 Å². The van der Waals surface area contributed by atoms with E-state index in [1.54, 1.807) is 0 Å². The number of pyridine rings is 1. The minimum Gasteiger partial charge on any atom is -0.354 e. The molecule has 216 valence electrons. The molecule has 0 radical (unpaired) electrons. The molecule has 5 aromatic rings. The van der Waals surface area contributed by atoms with Crippen molar-refractivity contribution in [1.29, 1.82) is 0 Å². The van der Waals surface area contributed by atoms with Crippen molar-refractivity contribution >= 4 is 22.6 Å². The number of hydrogen-bond donors (Lipinski definition) is 1. The Balaban J connectivity index is 1.02. The zero-order chi connectivity index (χ0) is 29.1. The molecule has 0 unspecified atom stereocenters. The molecular weight excluding hydrogens is 528 g/mol. The number of aromatic nitrogens is 1. The summed E-state index contributed by atoms with van der Waals surface area (Å²) < 4.78 is 0. The molecule has 2 heterocycles. The molecule has 0 spiro atoms. The van der Waals surface area contributed by atoms with E-state index in [1.807, 2.05) is 18.2 Å². The van der Waals surface area contributed by atoms with Gasteiger partial charge in [-0.05, 0) is 65.4 Å². The summed E-state index contributed by atoms with van der Waals surface area (Å²) in [5.74, 6) is 1.17. The van der Waals surface area contributed by atoms with E-state index in [4.69, 9.17) is 4.98 Å². The molecule has 0 atom stereocenters. The van der Waals surface area contributed by atoms with Crippen LogP contribution < -0.4 is 10.2 Å². The lowest BCUT2D eigenvalue weighted by molar-refractivity contribution is -0.125.